The van der Waals surface area contributed by atoms with Crippen molar-refractivity contribution in [1.82, 2.24) is 9.97 Å². The molecule has 14 heavy (non-hydrogen) atoms. The third-order valence-electron chi connectivity index (χ3n) is 3.28. The van der Waals surface area contributed by atoms with Crippen LogP contribution in [0.1, 0.15) is 12.8 Å². The molecule has 0 aromatic carbocycles. The van der Waals surface area contributed by atoms with Gasteiger partial charge in [-0.15, -0.1) is 0 Å². The highest BCUT2D eigenvalue weighted by molar-refractivity contribution is 5.40. The highest BCUT2D eigenvalue weighted by Gasteiger charge is 2.41. The Morgan fingerprint density at radius 1 is 1.29 bits per heavy atom. The Hall–Kier alpha value is -1.32. The van der Waals surface area contributed by atoms with Crippen molar-refractivity contribution in [1.29, 1.82) is 0 Å². The number of anilines is 2. The van der Waals surface area contributed by atoms with Crippen molar-refractivity contribution >= 4 is 11.6 Å². The number of rotatable bonds is 1. The second kappa shape index (κ2) is 2.83. The van der Waals surface area contributed by atoms with E-state index in [1.54, 1.807) is 12.4 Å². The van der Waals surface area contributed by atoms with Gasteiger partial charge in [-0.2, -0.15) is 0 Å². The molecule has 4 heteroatoms. The molecule has 1 aliphatic carbocycles. The summed E-state index contributed by atoms with van der Waals surface area (Å²) >= 11 is 0. The lowest BCUT2D eigenvalue weighted by Gasteiger charge is -2.26. The first-order valence-corrected chi connectivity index (χ1v) is 5.15. The Kier molecular flexibility index (Phi) is 1.63. The molecular formula is C10H14N4. The molecule has 1 saturated carbocycles. The van der Waals surface area contributed by atoms with Crippen LogP contribution in [0, 0.1) is 11.8 Å². The van der Waals surface area contributed by atoms with Gasteiger partial charge in [-0.05, 0) is 24.7 Å². The van der Waals surface area contributed by atoms with Gasteiger partial charge in [-0.25, -0.2) is 9.97 Å². The maximum Gasteiger partial charge on any atom is 0.147 e. The van der Waals surface area contributed by atoms with E-state index in [0.717, 1.165) is 30.7 Å². The Morgan fingerprint density at radius 2 is 2.21 bits per heavy atom. The standard InChI is InChI=1S/C10H14N4/c11-9-4-13-10(5-12-9)14-2-1-7-3-8(7)6-14/h4-5,7-8H,1-3,6H2,(H2,11,12). The van der Waals surface area contributed by atoms with E-state index in [0.29, 0.717) is 5.82 Å². The van der Waals surface area contributed by atoms with Crippen LogP contribution in [0.5, 0.6) is 0 Å². The van der Waals surface area contributed by atoms with E-state index in [-0.39, 0.29) is 0 Å². The van der Waals surface area contributed by atoms with Gasteiger partial charge >= 0.3 is 0 Å². The minimum Gasteiger partial charge on any atom is -0.382 e. The molecule has 2 fully saturated rings. The molecule has 0 amide bonds. The Labute approximate surface area is 83.1 Å². The van der Waals surface area contributed by atoms with Gasteiger partial charge in [-0.1, -0.05) is 0 Å². The Morgan fingerprint density at radius 3 is 2.93 bits per heavy atom. The van der Waals surface area contributed by atoms with Gasteiger partial charge in [0.1, 0.15) is 11.6 Å². The van der Waals surface area contributed by atoms with Gasteiger partial charge < -0.3 is 10.6 Å². The molecule has 4 nitrogen and oxygen atoms in total. The van der Waals surface area contributed by atoms with Crippen molar-refractivity contribution in [3.63, 3.8) is 0 Å². The molecule has 2 aliphatic rings. The number of hydrogen-bond donors (Lipinski definition) is 1. The lowest BCUT2D eigenvalue weighted by Crippen LogP contribution is -2.31. The Balaban J connectivity index is 1.77. The summed E-state index contributed by atoms with van der Waals surface area (Å²) in [5.41, 5.74) is 5.50. The highest BCUT2D eigenvalue weighted by atomic mass is 15.2. The van der Waals surface area contributed by atoms with E-state index in [1.807, 2.05) is 0 Å². The van der Waals surface area contributed by atoms with Crippen LogP contribution in [0.15, 0.2) is 12.4 Å². The van der Waals surface area contributed by atoms with E-state index in [4.69, 9.17) is 5.73 Å². The van der Waals surface area contributed by atoms with Gasteiger partial charge in [0.2, 0.25) is 0 Å². The van der Waals surface area contributed by atoms with Crippen LogP contribution in [-0.4, -0.2) is 23.1 Å². The van der Waals surface area contributed by atoms with Crippen LogP contribution in [0.3, 0.4) is 0 Å². The fourth-order valence-electron chi connectivity index (χ4n) is 2.29. The smallest absolute Gasteiger partial charge is 0.147 e. The lowest BCUT2D eigenvalue weighted by molar-refractivity contribution is 0.546. The normalized spacial score (nSPS) is 29.9. The van der Waals surface area contributed by atoms with E-state index < -0.39 is 0 Å². The monoisotopic (exact) mass is 190 g/mol. The minimum atomic E-state index is 0.495. The van der Waals surface area contributed by atoms with Crippen LogP contribution in [-0.2, 0) is 0 Å². The number of fused-ring (bicyclic) bond motifs is 1. The summed E-state index contributed by atoms with van der Waals surface area (Å²) in [6.45, 7) is 2.28. The number of nitrogen functional groups attached to an aromatic ring is 1. The molecule has 1 aliphatic heterocycles. The predicted molar refractivity (Wildman–Crippen MR) is 54.9 cm³/mol. The molecule has 0 bridgehead atoms. The second-order valence-corrected chi connectivity index (χ2v) is 4.29. The third kappa shape index (κ3) is 1.31. The zero-order valence-electron chi connectivity index (χ0n) is 8.06. The van der Waals surface area contributed by atoms with Crippen LogP contribution < -0.4 is 10.6 Å². The first-order valence-electron chi connectivity index (χ1n) is 5.15. The number of aromatic nitrogens is 2. The summed E-state index contributed by atoms with van der Waals surface area (Å²) in [6.07, 6.45) is 6.14. The summed E-state index contributed by atoms with van der Waals surface area (Å²) in [5, 5.41) is 0. The molecule has 2 atom stereocenters. The quantitative estimate of drug-likeness (QED) is 0.715. The maximum absolute atomic E-state index is 5.50. The molecule has 1 aromatic rings. The van der Waals surface area contributed by atoms with Crippen LogP contribution in [0.25, 0.3) is 0 Å². The van der Waals surface area contributed by atoms with Crippen molar-refractivity contribution in [2.75, 3.05) is 23.7 Å². The molecule has 1 aromatic heterocycles. The van der Waals surface area contributed by atoms with Crippen LogP contribution in [0.2, 0.25) is 0 Å². The molecule has 0 spiro atoms. The van der Waals surface area contributed by atoms with Gasteiger partial charge in [0.05, 0.1) is 12.4 Å². The molecule has 2 heterocycles. The van der Waals surface area contributed by atoms with Gasteiger partial charge in [0.15, 0.2) is 0 Å². The van der Waals surface area contributed by atoms with E-state index in [2.05, 4.69) is 14.9 Å². The first kappa shape index (κ1) is 8.03. The average molecular weight is 190 g/mol. The zero-order valence-corrected chi connectivity index (χ0v) is 8.06. The summed E-state index contributed by atoms with van der Waals surface area (Å²) in [6, 6.07) is 0. The van der Waals surface area contributed by atoms with Crippen molar-refractivity contribution in [2.24, 2.45) is 11.8 Å². The predicted octanol–water partition coefficient (Wildman–Crippen LogP) is 0.905. The molecule has 74 valence electrons. The topological polar surface area (TPSA) is 55.0 Å². The summed E-state index contributed by atoms with van der Waals surface area (Å²) in [7, 11) is 0. The number of piperidine rings is 1. The van der Waals surface area contributed by atoms with Crippen LogP contribution >= 0.6 is 0 Å². The minimum absolute atomic E-state index is 0.495. The van der Waals surface area contributed by atoms with E-state index >= 15 is 0 Å². The van der Waals surface area contributed by atoms with Crippen molar-refractivity contribution in [3.05, 3.63) is 12.4 Å². The fourth-order valence-corrected chi connectivity index (χ4v) is 2.29. The number of nitrogens with zero attached hydrogens (tertiary/aromatic N) is 3. The van der Waals surface area contributed by atoms with Crippen molar-refractivity contribution < 1.29 is 0 Å². The number of nitrogens with two attached hydrogens (primary N) is 1. The molecule has 0 radical (unpaired) electrons. The van der Waals surface area contributed by atoms with Gasteiger partial charge in [0, 0.05) is 13.1 Å². The van der Waals surface area contributed by atoms with Crippen molar-refractivity contribution in [2.45, 2.75) is 12.8 Å². The molecular weight excluding hydrogens is 176 g/mol. The molecule has 1 saturated heterocycles. The lowest BCUT2D eigenvalue weighted by atomic mass is 10.1. The van der Waals surface area contributed by atoms with Crippen molar-refractivity contribution in [3.8, 4) is 0 Å². The summed E-state index contributed by atoms with van der Waals surface area (Å²) in [4.78, 5) is 10.7. The third-order valence-corrected chi connectivity index (χ3v) is 3.28. The largest absolute Gasteiger partial charge is 0.382 e. The second-order valence-electron chi connectivity index (χ2n) is 4.29. The fraction of sp³-hybridized carbons (Fsp3) is 0.600. The van der Waals surface area contributed by atoms with E-state index in [1.165, 1.54) is 12.8 Å². The zero-order chi connectivity index (χ0) is 9.54. The van der Waals surface area contributed by atoms with Gasteiger partial charge in [-0.3, -0.25) is 0 Å². The Bertz CT molecular complexity index is 334. The summed E-state index contributed by atoms with van der Waals surface area (Å²) in [5.74, 6) is 3.40. The molecule has 2 unspecified atom stereocenters. The van der Waals surface area contributed by atoms with Gasteiger partial charge in [0.25, 0.3) is 0 Å². The highest BCUT2D eigenvalue weighted by Crippen LogP contribution is 2.45. The molecule has 2 N–H and O–H groups in total. The SMILES string of the molecule is Nc1cnc(N2CCC3CC3C2)cn1. The molecule has 3 rings (SSSR count). The van der Waals surface area contributed by atoms with Crippen LogP contribution in [0.4, 0.5) is 11.6 Å². The average Bonchev–Trinajstić information content (AvgIpc) is 2.96. The maximum atomic E-state index is 5.50. The van der Waals surface area contributed by atoms with E-state index in [9.17, 15) is 0 Å². The first-order chi connectivity index (χ1) is 6.83. The number of hydrogen-bond acceptors (Lipinski definition) is 4. The summed E-state index contributed by atoms with van der Waals surface area (Å²) < 4.78 is 0.